The van der Waals surface area contributed by atoms with Gasteiger partial charge in [-0.3, -0.25) is 14.5 Å². The number of aromatic amines is 1. The lowest BCUT2D eigenvalue weighted by molar-refractivity contribution is -0.117. The van der Waals surface area contributed by atoms with E-state index in [9.17, 15) is 9.59 Å². The Labute approximate surface area is 184 Å². The lowest BCUT2D eigenvalue weighted by Crippen LogP contribution is -2.31. The molecule has 0 saturated heterocycles. The molecule has 0 atom stereocenters. The molecule has 0 radical (unpaired) electrons. The van der Waals surface area contributed by atoms with Gasteiger partial charge in [0.1, 0.15) is 10.7 Å². The first-order valence-corrected chi connectivity index (χ1v) is 10.9. The number of carbonyl (C=O) groups is 1. The number of thiophene rings is 1. The fourth-order valence-electron chi connectivity index (χ4n) is 3.53. The van der Waals surface area contributed by atoms with Crippen molar-refractivity contribution in [2.45, 2.75) is 20.4 Å². The normalized spacial score (nSPS) is 11.2. The minimum Gasteiger partial charge on any atom is -0.325 e. The maximum Gasteiger partial charge on any atom is 0.260 e. The molecule has 4 rings (SSSR count). The smallest absolute Gasteiger partial charge is 0.260 e. The van der Waals surface area contributed by atoms with Gasteiger partial charge in [0.15, 0.2) is 0 Å². The minimum absolute atomic E-state index is 0.109. The lowest BCUT2D eigenvalue weighted by Gasteiger charge is -2.16. The van der Waals surface area contributed by atoms with E-state index < -0.39 is 0 Å². The van der Waals surface area contributed by atoms with Gasteiger partial charge < -0.3 is 10.3 Å². The highest BCUT2D eigenvalue weighted by atomic mass is 32.1. The standard InChI is InChI=1S/C24H24N4O2S/c1-15-8-7-11-19(16(15)2)25-21(29)13-28(3)12-20-26-23(30)22-18(14-31-24(22)27-20)17-9-5-4-6-10-17/h4-11,14H,12-13H2,1-3H3,(H,25,29)(H,26,27,30). The van der Waals surface area contributed by atoms with E-state index in [1.54, 1.807) is 0 Å². The molecule has 31 heavy (non-hydrogen) atoms. The summed E-state index contributed by atoms with van der Waals surface area (Å²) in [4.78, 5) is 35.3. The van der Waals surface area contributed by atoms with Gasteiger partial charge in [0.25, 0.3) is 5.56 Å². The number of rotatable bonds is 6. The van der Waals surface area contributed by atoms with Crippen LogP contribution in [-0.4, -0.2) is 34.4 Å². The number of H-pyrrole nitrogens is 1. The van der Waals surface area contributed by atoms with Crippen LogP contribution in [0.25, 0.3) is 21.3 Å². The van der Waals surface area contributed by atoms with Crippen molar-refractivity contribution in [3.63, 3.8) is 0 Å². The zero-order valence-corrected chi connectivity index (χ0v) is 18.5. The number of benzene rings is 2. The van der Waals surface area contributed by atoms with E-state index in [1.807, 2.05) is 79.7 Å². The number of amides is 1. The summed E-state index contributed by atoms with van der Waals surface area (Å²) in [6, 6.07) is 15.7. The van der Waals surface area contributed by atoms with Crippen LogP contribution >= 0.6 is 11.3 Å². The molecule has 0 saturated carbocycles. The van der Waals surface area contributed by atoms with Crippen LogP contribution in [0.5, 0.6) is 0 Å². The molecule has 158 valence electrons. The zero-order chi connectivity index (χ0) is 22.0. The number of hydrogen-bond donors (Lipinski definition) is 2. The van der Waals surface area contributed by atoms with Crippen LogP contribution < -0.4 is 10.9 Å². The van der Waals surface area contributed by atoms with E-state index in [-0.39, 0.29) is 18.0 Å². The summed E-state index contributed by atoms with van der Waals surface area (Å²) in [5, 5.41) is 5.53. The van der Waals surface area contributed by atoms with Crippen LogP contribution in [0.1, 0.15) is 17.0 Å². The molecule has 0 bridgehead atoms. The van der Waals surface area contributed by atoms with E-state index in [0.717, 1.165) is 27.9 Å². The summed E-state index contributed by atoms with van der Waals surface area (Å²) in [5.41, 5.74) is 4.73. The van der Waals surface area contributed by atoms with E-state index in [0.29, 0.717) is 22.6 Å². The fraction of sp³-hybridized carbons (Fsp3) is 0.208. The molecule has 6 nitrogen and oxygen atoms in total. The first kappa shape index (κ1) is 21.0. The molecule has 0 aliphatic rings. The third-order valence-electron chi connectivity index (χ3n) is 5.29. The van der Waals surface area contributed by atoms with Crippen molar-refractivity contribution < 1.29 is 4.79 Å². The Morgan fingerprint density at radius 3 is 2.68 bits per heavy atom. The van der Waals surface area contributed by atoms with Crippen molar-refractivity contribution in [2.24, 2.45) is 0 Å². The number of likely N-dealkylation sites (N-methyl/N-ethyl adjacent to an activating group) is 1. The molecule has 7 heteroatoms. The highest BCUT2D eigenvalue weighted by molar-refractivity contribution is 7.17. The highest BCUT2D eigenvalue weighted by Gasteiger charge is 2.15. The van der Waals surface area contributed by atoms with E-state index in [4.69, 9.17) is 0 Å². The Kier molecular flexibility index (Phi) is 5.97. The molecule has 2 heterocycles. The van der Waals surface area contributed by atoms with Crippen molar-refractivity contribution >= 4 is 33.1 Å². The lowest BCUT2D eigenvalue weighted by atomic mass is 10.1. The van der Waals surface area contributed by atoms with Gasteiger partial charge in [0, 0.05) is 16.6 Å². The third-order valence-corrected chi connectivity index (χ3v) is 6.16. The van der Waals surface area contributed by atoms with Crippen molar-refractivity contribution in [3.05, 3.63) is 81.2 Å². The number of anilines is 1. The molecule has 2 N–H and O–H groups in total. The molecule has 1 amide bonds. The third kappa shape index (κ3) is 4.57. The second-order valence-electron chi connectivity index (χ2n) is 7.68. The van der Waals surface area contributed by atoms with Gasteiger partial charge >= 0.3 is 0 Å². The fourth-order valence-corrected chi connectivity index (χ4v) is 4.50. The molecular weight excluding hydrogens is 408 g/mol. The topological polar surface area (TPSA) is 78.1 Å². The van der Waals surface area contributed by atoms with Crippen LogP contribution in [0.3, 0.4) is 0 Å². The average molecular weight is 433 g/mol. The van der Waals surface area contributed by atoms with Crippen LogP contribution in [0.2, 0.25) is 0 Å². The predicted octanol–water partition coefficient (Wildman–Crippen LogP) is 4.34. The highest BCUT2D eigenvalue weighted by Crippen LogP contribution is 2.30. The molecule has 0 unspecified atom stereocenters. The molecule has 0 aliphatic heterocycles. The number of fused-ring (bicyclic) bond motifs is 1. The molecule has 0 fully saturated rings. The van der Waals surface area contributed by atoms with Gasteiger partial charge in [-0.25, -0.2) is 4.98 Å². The monoisotopic (exact) mass is 432 g/mol. The Morgan fingerprint density at radius 1 is 1.13 bits per heavy atom. The number of nitrogens with zero attached hydrogens (tertiary/aromatic N) is 2. The largest absolute Gasteiger partial charge is 0.325 e. The molecular formula is C24H24N4O2S. The molecule has 0 spiro atoms. The number of aromatic nitrogens is 2. The Morgan fingerprint density at radius 2 is 1.90 bits per heavy atom. The predicted molar refractivity (Wildman–Crippen MR) is 127 cm³/mol. The zero-order valence-electron chi connectivity index (χ0n) is 17.7. The van der Waals surface area contributed by atoms with Crippen molar-refractivity contribution in [2.75, 3.05) is 18.9 Å². The van der Waals surface area contributed by atoms with Gasteiger partial charge in [-0.1, -0.05) is 42.5 Å². The first-order valence-electron chi connectivity index (χ1n) is 10.0. The molecule has 0 aliphatic carbocycles. The second-order valence-corrected chi connectivity index (χ2v) is 8.53. The summed E-state index contributed by atoms with van der Waals surface area (Å²) in [6.07, 6.45) is 0. The number of nitrogens with one attached hydrogen (secondary N) is 2. The maximum absolute atomic E-state index is 12.8. The Balaban J connectivity index is 1.48. The van der Waals surface area contributed by atoms with Gasteiger partial charge in [-0.15, -0.1) is 11.3 Å². The van der Waals surface area contributed by atoms with Crippen molar-refractivity contribution in [1.29, 1.82) is 0 Å². The van der Waals surface area contributed by atoms with Gasteiger partial charge in [0.2, 0.25) is 5.91 Å². The summed E-state index contributed by atoms with van der Waals surface area (Å²) >= 11 is 1.45. The van der Waals surface area contributed by atoms with Gasteiger partial charge in [-0.05, 0) is 43.7 Å². The number of carbonyl (C=O) groups excluding carboxylic acids is 1. The number of hydrogen-bond acceptors (Lipinski definition) is 5. The maximum atomic E-state index is 12.8. The van der Waals surface area contributed by atoms with Crippen LogP contribution in [0, 0.1) is 13.8 Å². The Hall–Kier alpha value is -3.29. The molecule has 2 aromatic carbocycles. The summed E-state index contributed by atoms with van der Waals surface area (Å²) < 4.78 is 0. The number of aryl methyl sites for hydroxylation is 1. The minimum atomic E-state index is -0.159. The average Bonchev–Trinajstić information content (AvgIpc) is 3.16. The molecule has 2 aromatic heterocycles. The SMILES string of the molecule is Cc1cccc(NC(=O)CN(C)Cc2nc3scc(-c4ccccc4)c3c(=O)[nH]2)c1C. The van der Waals surface area contributed by atoms with Crippen molar-refractivity contribution in [1.82, 2.24) is 14.9 Å². The quantitative estimate of drug-likeness (QED) is 0.475. The first-order chi connectivity index (χ1) is 14.9. The van der Waals surface area contributed by atoms with Crippen LogP contribution in [0.15, 0.2) is 58.7 Å². The van der Waals surface area contributed by atoms with Gasteiger partial charge in [-0.2, -0.15) is 0 Å². The summed E-state index contributed by atoms with van der Waals surface area (Å²) in [7, 11) is 1.83. The van der Waals surface area contributed by atoms with Gasteiger partial charge in [0.05, 0.1) is 18.5 Å². The Bertz CT molecular complexity index is 1290. The van der Waals surface area contributed by atoms with E-state index in [2.05, 4.69) is 15.3 Å². The van der Waals surface area contributed by atoms with E-state index >= 15 is 0 Å². The van der Waals surface area contributed by atoms with Crippen LogP contribution in [-0.2, 0) is 11.3 Å². The summed E-state index contributed by atoms with van der Waals surface area (Å²) in [5.74, 6) is 0.433. The summed E-state index contributed by atoms with van der Waals surface area (Å²) in [6.45, 7) is 4.56. The second kappa shape index (κ2) is 8.83. The van der Waals surface area contributed by atoms with Crippen molar-refractivity contribution in [3.8, 4) is 11.1 Å². The van der Waals surface area contributed by atoms with Crippen LogP contribution in [0.4, 0.5) is 5.69 Å². The molecule has 4 aromatic rings. The van der Waals surface area contributed by atoms with E-state index in [1.165, 1.54) is 11.3 Å².